The third-order valence-electron chi connectivity index (χ3n) is 5.71. The zero-order chi connectivity index (χ0) is 23.6. The van der Waals surface area contributed by atoms with Gasteiger partial charge in [0.25, 0.3) is 0 Å². The Morgan fingerprint density at radius 3 is 2.20 bits per heavy atom. The van der Waals surface area contributed by atoms with E-state index in [1.54, 1.807) is 11.3 Å². The fourth-order valence-corrected chi connectivity index (χ4v) is 5.18. The number of aromatic nitrogens is 3. The summed E-state index contributed by atoms with van der Waals surface area (Å²) in [6.45, 7) is 0.145. The van der Waals surface area contributed by atoms with E-state index in [-0.39, 0.29) is 12.4 Å². The molecule has 0 fully saturated rings. The predicted molar refractivity (Wildman–Crippen MR) is 139 cm³/mol. The molecule has 0 amide bonds. The first-order valence-electron chi connectivity index (χ1n) is 11.2. The van der Waals surface area contributed by atoms with Crippen LogP contribution in [0.1, 0.15) is 16.2 Å². The van der Waals surface area contributed by atoms with Crippen molar-refractivity contribution in [1.82, 2.24) is 15.0 Å². The monoisotopic (exact) mass is 473 g/mol. The van der Waals surface area contributed by atoms with Crippen molar-refractivity contribution in [3.63, 3.8) is 0 Å². The lowest BCUT2D eigenvalue weighted by Crippen LogP contribution is -2.12. The van der Waals surface area contributed by atoms with Gasteiger partial charge in [-0.1, -0.05) is 91.0 Å². The number of carbonyl (C=O) groups is 1. The molecule has 0 aliphatic heterocycles. The molecule has 35 heavy (non-hydrogen) atoms. The molecule has 168 valence electrons. The highest BCUT2D eigenvalue weighted by Crippen LogP contribution is 2.39. The quantitative estimate of drug-likeness (QED) is 0.254. The summed E-state index contributed by atoms with van der Waals surface area (Å²) >= 11 is 1.72. The maximum Gasteiger partial charge on any atom is 0.376 e. The second-order valence-electron chi connectivity index (χ2n) is 8.01. The van der Waals surface area contributed by atoms with Gasteiger partial charge in [-0.25, -0.2) is 19.7 Å². The number of benzene rings is 4. The van der Waals surface area contributed by atoms with Gasteiger partial charge in [-0.15, -0.1) is 11.3 Å². The van der Waals surface area contributed by atoms with Crippen LogP contribution in [0.15, 0.2) is 103 Å². The van der Waals surface area contributed by atoms with Gasteiger partial charge < -0.3 is 4.74 Å². The molecule has 2 aromatic heterocycles. The maximum absolute atomic E-state index is 13.0. The Balaban J connectivity index is 1.49. The van der Waals surface area contributed by atoms with Crippen LogP contribution in [0.2, 0.25) is 0 Å². The minimum absolute atomic E-state index is 0.0127. The lowest BCUT2D eigenvalue weighted by atomic mass is 10.1. The Labute approximate surface area is 205 Å². The summed E-state index contributed by atoms with van der Waals surface area (Å²) in [5.74, 6) is 0.275. The van der Waals surface area contributed by atoms with E-state index in [2.05, 4.69) is 28.2 Å². The van der Waals surface area contributed by atoms with Crippen molar-refractivity contribution >= 4 is 37.5 Å². The standard InChI is InChI=1S/C29H19N3O2S/c33-29(34-18-19-10-3-1-4-11-19)28-31-26(20-12-5-2-6-13-20)30-27(32-28)22-15-9-17-24-25(22)21-14-7-8-16-23(21)35-24/h1-17H,18H2. The Morgan fingerprint density at radius 2 is 1.37 bits per heavy atom. The minimum atomic E-state index is -0.586. The number of fused-ring (bicyclic) bond motifs is 3. The number of rotatable bonds is 5. The highest BCUT2D eigenvalue weighted by molar-refractivity contribution is 7.25. The van der Waals surface area contributed by atoms with E-state index in [9.17, 15) is 4.79 Å². The van der Waals surface area contributed by atoms with Crippen molar-refractivity contribution in [2.24, 2.45) is 0 Å². The van der Waals surface area contributed by atoms with Crippen molar-refractivity contribution in [2.75, 3.05) is 0 Å². The summed E-state index contributed by atoms with van der Waals surface area (Å²) in [4.78, 5) is 26.9. The first-order valence-corrected chi connectivity index (χ1v) is 12.0. The van der Waals surface area contributed by atoms with E-state index in [1.165, 1.54) is 4.70 Å². The second kappa shape index (κ2) is 9.08. The van der Waals surface area contributed by atoms with Gasteiger partial charge in [-0.05, 0) is 17.7 Å². The number of esters is 1. The molecule has 6 rings (SSSR count). The van der Waals surface area contributed by atoms with Crippen molar-refractivity contribution in [1.29, 1.82) is 0 Å². The summed E-state index contributed by atoms with van der Waals surface area (Å²) in [5, 5.41) is 2.21. The van der Waals surface area contributed by atoms with Gasteiger partial charge in [0.15, 0.2) is 11.6 Å². The van der Waals surface area contributed by atoms with Gasteiger partial charge in [0.05, 0.1) is 0 Å². The van der Waals surface area contributed by atoms with Gasteiger partial charge in [0, 0.05) is 31.3 Å². The van der Waals surface area contributed by atoms with Crippen molar-refractivity contribution in [3.05, 3.63) is 115 Å². The van der Waals surface area contributed by atoms with Gasteiger partial charge in [-0.2, -0.15) is 0 Å². The van der Waals surface area contributed by atoms with E-state index in [0.29, 0.717) is 11.6 Å². The molecular formula is C29H19N3O2S. The fraction of sp³-hybridized carbons (Fsp3) is 0.0345. The molecular weight excluding hydrogens is 454 g/mol. The summed E-state index contributed by atoms with van der Waals surface area (Å²) in [6, 6.07) is 33.5. The number of ether oxygens (including phenoxy) is 1. The maximum atomic E-state index is 13.0. The van der Waals surface area contributed by atoms with E-state index >= 15 is 0 Å². The molecule has 0 radical (unpaired) electrons. The molecule has 0 bridgehead atoms. The molecule has 0 aliphatic carbocycles. The smallest absolute Gasteiger partial charge is 0.376 e. The van der Waals surface area contributed by atoms with E-state index < -0.39 is 5.97 Å². The average molecular weight is 474 g/mol. The molecule has 2 heterocycles. The largest absolute Gasteiger partial charge is 0.455 e. The summed E-state index contributed by atoms with van der Waals surface area (Å²) in [7, 11) is 0. The minimum Gasteiger partial charge on any atom is -0.455 e. The van der Waals surface area contributed by atoms with Crippen LogP contribution in [0, 0.1) is 0 Å². The van der Waals surface area contributed by atoms with Gasteiger partial charge >= 0.3 is 5.97 Å². The Kier molecular flexibility index (Phi) is 5.48. The Bertz CT molecular complexity index is 1660. The zero-order valence-electron chi connectivity index (χ0n) is 18.6. The molecule has 6 aromatic rings. The summed E-state index contributed by atoms with van der Waals surface area (Å²) < 4.78 is 7.88. The van der Waals surface area contributed by atoms with Crippen LogP contribution < -0.4 is 0 Å². The predicted octanol–water partition coefficient (Wildman–Crippen LogP) is 6.93. The molecule has 0 saturated carbocycles. The molecule has 0 unspecified atom stereocenters. The van der Waals surface area contributed by atoms with Crippen LogP contribution in [-0.4, -0.2) is 20.9 Å². The van der Waals surface area contributed by atoms with Gasteiger partial charge in [0.1, 0.15) is 6.61 Å². The van der Waals surface area contributed by atoms with Gasteiger partial charge in [-0.3, -0.25) is 0 Å². The first kappa shape index (κ1) is 21.1. The molecule has 0 spiro atoms. The number of thiophene rings is 1. The number of hydrogen-bond acceptors (Lipinski definition) is 6. The fourth-order valence-electron chi connectivity index (χ4n) is 4.05. The topological polar surface area (TPSA) is 65.0 Å². The Morgan fingerprint density at radius 1 is 0.686 bits per heavy atom. The number of nitrogens with zero attached hydrogens (tertiary/aromatic N) is 3. The second-order valence-corrected chi connectivity index (χ2v) is 9.09. The van der Waals surface area contributed by atoms with Crippen molar-refractivity contribution < 1.29 is 9.53 Å². The van der Waals surface area contributed by atoms with Crippen molar-refractivity contribution in [3.8, 4) is 22.8 Å². The lowest BCUT2D eigenvalue weighted by Gasteiger charge is -2.09. The molecule has 0 atom stereocenters. The SMILES string of the molecule is O=C(OCc1ccccc1)c1nc(-c2ccccc2)nc(-c2cccc3sc4ccccc4c23)n1. The zero-order valence-corrected chi connectivity index (χ0v) is 19.4. The highest BCUT2D eigenvalue weighted by atomic mass is 32.1. The lowest BCUT2D eigenvalue weighted by molar-refractivity contribution is 0.0458. The molecule has 0 N–H and O–H groups in total. The summed E-state index contributed by atoms with van der Waals surface area (Å²) in [5.41, 5.74) is 2.56. The number of carbonyl (C=O) groups excluding carboxylic acids is 1. The average Bonchev–Trinajstić information content (AvgIpc) is 3.31. The van der Waals surface area contributed by atoms with E-state index in [4.69, 9.17) is 9.72 Å². The van der Waals surface area contributed by atoms with Crippen LogP contribution in [0.25, 0.3) is 42.9 Å². The third-order valence-corrected chi connectivity index (χ3v) is 6.84. The first-order chi connectivity index (χ1) is 17.3. The molecule has 6 heteroatoms. The number of hydrogen-bond donors (Lipinski definition) is 0. The Hall–Kier alpha value is -4.42. The molecule has 0 saturated heterocycles. The van der Waals surface area contributed by atoms with Crippen LogP contribution in [-0.2, 0) is 11.3 Å². The van der Waals surface area contributed by atoms with E-state index in [1.807, 2.05) is 84.9 Å². The van der Waals surface area contributed by atoms with Crippen LogP contribution in [0.5, 0.6) is 0 Å². The molecule has 0 aliphatic rings. The van der Waals surface area contributed by atoms with Gasteiger partial charge in [0.2, 0.25) is 5.82 Å². The van der Waals surface area contributed by atoms with Crippen LogP contribution in [0.4, 0.5) is 0 Å². The highest BCUT2D eigenvalue weighted by Gasteiger charge is 2.19. The molecule has 5 nitrogen and oxygen atoms in total. The van der Waals surface area contributed by atoms with Crippen LogP contribution >= 0.6 is 11.3 Å². The van der Waals surface area contributed by atoms with Crippen LogP contribution in [0.3, 0.4) is 0 Å². The van der Waals surface area contributed by atoms with E-state index in [0.717, 1.165) is 32.2 Å². The third kappa shape index (κ3) is 4.16. The summed E-state index contributed by atoms with van der Waals surface area (Å²) in [6.07, 6.45) is 0. The molecule has 4 aromatic carbocycles. The van der Waals surface area contributed by atoms with Crippen molar-refractivity contribution in [2.45, 2.75) is 6.61 Å². The normalized spacial score (nSPS) is 11.1.